The Hall–Kier alpha value is -2.33. The lowest BCUT2D eigenvalue weighted by atomic mass is 10.1. The number of ether oxygens (including phenoxy) is 2. The van der Waals surface area contributed by atoms with Crippen molar-refractivity contribution in [3.05, 3.63) is 41.7 Å². The number of rotatable bonds is 12. The molecule has 1 N–H and O–H groups in total. The summed E-state index contributed by atoms with van der Waals surface area (Å²) < 4.78 is 29.2. The number of anilines is 1. The van der Waals surface area contributed by atoms with E-state index in [1.54, 1.807) is 7.11 Å². The fraction of sp³-hybridized carbons (Fsp3) is 0.500. The summed E-state index contributed by atoms with van der Waals surface area (Å²) in [5, 5.41) is 0.506. The molecule has 1 atom stereocenters. The Kier molecular flexibility index (Phi) is 10.3. The smallest absolute Gasteiger partial charge is 0.316 e. The van der Waals surface area contributed by atoms with Gasteiger partial charge in [-0.1, -0.05) is 11.6 Å². The number of aromatic nitrogens is 2. The molecule has 0 aliphatic carbocycles. The van der Waals surface area contributed by atoms with Crippen LogP contribution < -0.4 is 14.4 Å². The van der Waals surface area contributed by atoms with Gasteiger partial charge >= 0.3 is 8.25 Å². The number of halogens is 1. The van der Waals surface area contributed by atoms with Gasteiger partial charge in [-0.2, -0.15) is 0 Å². The lowest BCUT2D eigenvalue weighted by molar-refractivity contribution is 0.209. The normalized spacial score (nSPS) is 15.7. The van der Waals surface area contributed by atoms with E-state index >= 15 is 0 Å². The monoisotopic (exact) mass is 565 g/mol. The summed E-state index contributed by atoms with van der Waals surface area (Å²) in [4.78, 5) is 20.5. The van der Waals surface area contributed by atoms with Gasteiger partial charge in [0.05, 0.1) is 31.0 Å². The van der Waals surface area contributed by atoms with Crippen molar-refractivity contribution in [2.45, 2.75) is 12.8 Å². The van der Waals surface area contributed by atoms with E-state index in [0.29, 0.717) is 29.7 Å². The topological polar surface area (TPSA) is 92.0 Å². The molecule has 12 heteroatoms. The lowest BCUT2D eigenvalue weighted by Gasteiger charge is -2.23. The van der Waals surface area contributed by atoms with E-state index in [4.69, 9.17) is 35.5 Å². The zero-order valence-electron chi connectivity index (χ0n) is 22.2. The third-order valence-corrected chi connectivity index (χ3v) is 7.31. The van der Waals surface area contributed by atoms with Crippen LogP contribution in [0.2, 0.25) is 5.02 Å². The van der Waals surface area contributed by atoms with E-state index in [2.05, 4.69) is 26.8 Å². The van der Waals surface area contributed by atoms with E-state index in [-0.39, 0.29) is 6.61 Å². The molecule has 1 unspecified atom stereocenters. The van der Waals surface area contributed by atoms with Crippen LogP contribution >= 0.6 is 19.9 Å². The Bertz CT molecular complexity index is 1240. The van der Waals surface area contributed by atoms with Crippen molar-refractivity contribution >= 4 is 31.2 Å². The highest BCUT2D eigenvalue weighted by Crippen LogP contribution is 2.38. The van der Waals surface area contributed by atoms with Crippen LogP contribution in [0.3, 0.4) is 0 Å². The summed E-state index contributed by atoms with van der Waals surface area (Å²) in [6.07, 6.45) is 5.91. The number of hydrogen-bond acceptors (Lipinski definition) is 8. The van der Waals surface area contributed by atoms with Gasteiger partial charge in [0.1, 0.15) is 17.1 Å². The van der Waals surface area contributed by atoms with Crippen molar-refractivity contribution in [2.75, 3.05) is 78.6 Å². The van der Waals surface area contributed by atoms with Crippen LogP contribution in [-0.2, 0) is 9.09 Å². The molecule has 10 nitrogen and oxygen atoms in total. The molecule has 3 aromatic rings. The van der Waals surface area contributed by atoms with Crippen LogP contribution in [0.15, 0.2) is 36.7 Å². The van der Waals surface area contributed by atoms with Crippen molar-refractivity contribution in [3.8, 4) is 22.8 Å². The standard InChI is InChI=1S/C26H37ClN5O5P/c1-29(2)7-5-14-36-24-18-25(35-3)22(27)17-21(24)23-19-32-10-6-20(16-26(32)28-23)31-9-4-8-30(11-12-31)13-15-37-38(33)34/h6,10,16-19,38H,4-5,7-9,11-15H2,1-3H3,(H,33,34). The van der Waals surface area contributed by atoms with Crippen molar-refractivity contribution in [2.24, 2.45) is 0 Å². The molecule has 38 heavy (non-hydrogen) atoms. The summed E-state index contributed by atoms with van der Waals surface area (Å²) in [5.74, 6) is 1.26. The van der Waals surface area contributed by atoms with Crippen molar-refractivity contribution in [1.29, 1.82) is 0 Å². The molecule has 2 aromatic heterocycles. The quantitative estimate of drug-likeness (QED) is 0.259. The van der Waals surface area contributed by atoms with Gasteiger partial charge < -0.3 is 33.1 Å². The SMILES string of the molecule is COc1cc(OCCCN(C)C)c(-c2cn3ccc(N4CCCN(CCO[PH](=O)O)CC4)cc3n2)cc1Cl. The third-order valence-electron chi connectivity index (χ3n) is 6.57. The minimum absolute atomic E-state index is 0.272. The van der Waals surface area contributed by atoms with Gasteiger partial charge in [0.15, 0.2) is 0 Å². The Morgan fingerprint density at radius 2 is 1.97 bits per heavy atom. The van der Waals surface area contributed by atoms with Gasteiger partial charge in [-0.25, -0.2) is 4.98 Å². The van der Waals surface area contributed by atoms with Crippen molar-refractivity contribution < 1.29 is 23.5 Å². The number of imidazole rings is 1. The summed E-state index contributed by atoms with van der Waals surface area (Å²) in [6.45, 7) is 6.00. The zero-order chi connectivity index (χ0) is 27.1. The molecule has 1 aliphatic rings. The minimum Gasteiger partial charge on any atom is -0.495 e. The molecule has 0 radical (unpaired) electrons. The Morgan fingerprint density at radius 1 is 1.13 bits per heavy atom. The molecule has 0 amide bonds. The highest BCUT2D eigenvalue weighted by molar-refractivity contribution is 7.32. The van der Waals surface area contributed by atoms with Gasteiger partial charge in [-0.3, -0.25) is 9.46 Å². The highest BCUT2D eigenvalue weighted by Gasteiger charge is 2.18. The van der Waals surface area contributed by atoms with Crippen LogP contribution in [0.25, 0.3) is 16.9 Å². The van der Waals surface area contributed by atoms with E-state index in [1.807, 2.05) is 43.0 Å². The van der Waals surface area contributed by atoms with E-state index in [9.17, 15) is 4.57 Å². The molecule has 3 heterocycles. The fourth-order valence-corrected chi connectivity index (χ4v) is 5.09. The first-order valence-electron chi connectivity index (χ1n) is 12.8. The second-order valence-corrected chi connectivity index (χ2v) is 10.8. The Morgan fingerprint density at radius 3 is 2.74 bits per heavy atom. The maximum atomic E-state index is 10.8. The maximum Gasteiger partial charge on any atom is 0.316 e. The molecule has 0 bridgehead atoms. The lowest BCUT2D eigenvalue weighted by Crippen LogP contribution is -2.32. The zero-order valence-corrected chi connectivity index (χ0v) is 24.0. The molecule has 208 valence electrons. The van der Waals surface area contributed by atoms with Crippen LogP contribution in [0.5, 0.6) is 11.5 Å². The number of methoxy groups -OCH3 is 1. The average Bonchev–Trinajstić information content (AvgIpc) is 3.17. The largest absolute Gasteiger partial charge is 0.495 e. The van der Waals surface area contributed by atoms with Crippen LogP contribution in [-0.4, -0.2) is 97.8 Å². The first-order valence-corrected chi connectivity index (χ1v) is 14.5. The predicted octanol–water partition coefficient (Wildman–Crippen LogP) is 3.90. The Balaban J connectivity index is 1.51. The van der Waals surface area contributed by atoms with Gasteiger partial charge in [0, 0.05) is 68.5 Å². The van der Waals surface area contributed by atoms with Gasteiger partial charge in [-0.05, 0) is 45.6 Å². The molecular formula is C26H37ClN5O5P. The predicted molar refractivity (Wildman–Crippen MR) is 151 cm³/mol. The first kappa shape index (κ1) is 28.7. The molecule has 0 spiro atoms. The summed E-state index contributed by atoms with van der Waals surface area (Å²) in [7, 11) is 2.81. The molecule has 1 aliphatic heterocycles. The van der Waals surface area contributed by atoms with E-state index in [1.165, 1.54) is 0 Å². The molecule has 4 rings (SSSR count). The van der Waals surface area contributed by atoms with Gasteiger partial charge in [0.25, 0.3) is 0 Å². The molecule has 1 aromatic carbocycles. The fourth-order valence-electron chi connectivity index (χ4n) is 4.59. The minimum atomic E-state index is -2.87. The molecule has 1 saturated heterocycles. The second kappa shape index (κ2) is 13.6. The molecular weight excluding hydrogens is 529 g/mol. The van der Waals surface area contributed by atoms with Crippen molar-refractivity contribution in [3.63, 3.8) is 0 Å². The van der Waals surface area contributed by atoms with Gasteiger partial charge in [0.2, 0.25) is 0 Å². The van der Waals surface area contributed by atoms with Crippen LogP contribution in [0.4, 0.5) is 5.69 Å². The maximum absolute atomic E-state index is 10.8. The molecule has 0 saturated carbocycles. The summed E-state index contributed by atoms with van der Waals surface area (Å²) >= 11 is 6.49. The second-order valence-electron chi connectivity index (χ2n) is 9.56. The Labute approximate surface area is 229 Å². The number of hydrogen-bond donors (Lipinski definition) is 1. The van der Waals surface area contributed by atoms with E-state index in [0.717, 1.165) is 68.2 Å². The number of nitrogens with zero attached hydrogens (tertiary/aromatic N) is 5. The molecule has 1 fully saturated rings. The highest BCUT2D eigenvalue weighted by atomic mass is 35.5. The van der Waals surface area contributed by atoms with Crippen LogP contribution in [0.1, 0.15) is 12.8 Å². The number of benzene rings is 1. The third kappa shape index (κ3) is 7.62. The van der Waals surface area contributed by atoms with E-state index < -0.39 is 8.25 Å². The van der Waals surface area contributed by atoms with Gasteiger partial charge in [-0.15, -0.1) is 0 Å². The summed E-state index contributed by atoms with van der Waals surface area (Å²) in [6, 6.07) is 7.89. The van der Waals surface area contributed by atoms with Crippen LogP contribution in [0, 0.1) is 0 Å². The first-order chi connectivity index (χ1) is 18.3. The number of fused-ring (bicyclic) bond motifs is 1. The summed E-state index contributed by atoms with van der Waals surface area (Å²) in [5.41, 5.74) is 3.55. The number of pyridine rings is 1. The average molecular weight is 566 g/mol. The van der Waals surface area contributed by atoms with Crippen molar-refractivity contribution in [1.82, 2.24) is 19.2 Å².